The van der Waals surface area contributed by atoms with Gasteiger partial charge in [0.25, 0.3) is 7.37 Å². The maximum Gasteiger partial charge on any atom is 0.261 e. The maximum atomic E-state index is 13.6. The Hall–Kier alpha value is -2.15. The predicted octanol–water partition coefficient (Wildman–Crippen LogP) is 4.44. The van der Waals surface area contributed by atoms with Crippen molar-refractivity contribution in [1.82, 2.24) is 0 Å². The molecule has 3 aromatic rings. The van der Waals surface area contributed by atoms with Crippen LogP contribution in [-0.2, 0) is 15.7 Å². The molecule has 0 bridgehead atoms. The van der Waals surface area contributed by atoms with E-state index in [4.69, 9.17) is 4.52 Å². The van der Waals surface area contributed by atoms with Gasteiger partial charge in [-0.2, -0.15) is 0 Å². The van der Waals surface area contributed by atoms with Crippen LogP contribution in [0.15, 0.2) is 84.9 Å². The molecule has 0 heterocycles. The van der Waals surface area contributed by atoms with Gasteiger partial charge in [-0.25, -0.2) is 0 Å². The predicted molar refractivity (Wildman–Crippen MR) is 95.7 cm³/mol. The van der Waals surface area contributed by atoms with Crippen LogP contribution in [0.25, 0.3) is 0 Å². The van der Waals surface area contributed by atoms with E-state index in [2.05, 4.69) is 0 Å². The van der Waals surface area contributed by atoms with Crippen molar-refractivity contribution in [3.8, 4) is 0 Å². The van der Waals surface area contributed by atoms with Crippen molar-refractivity contribution in [2.24, 2.45) is 0 Å². The molecule has 0 spiro atoms. The third-order valence-electron chi connectivity index (χ3n) is 3.73. The molecule has 3 aromatic carbocycles. The first-order chi connectivity index (χ1) is 11.2. The van der Waals surface area contributed by atoms with Gasteiger partial charge in [0.15, 0.2) is 0 Å². The minimum Gasteiger partial charge on any atom is -0.317 e. The van der Waals surface area contributed by atoms with Gasteiger partial charge in [0.05, 0.1) is 6.61 Å². The topological polar surface area (TPSA) is 26.3 Å². The van der Waals surface area contributed by atoms with Gasteiger partial charge >= 0.3 is 0 Å². The summed E-state index contributed by atoms with van der Waals surface area (Å²) in [5.41, 5.74) is 2.21. The van der Waals surface area contributed by atoms with Crippen molar-refractivity contribution in [3.63, 3.8) is 0 Å². The average Bonchev–Trinajstić information content (AvgIpc) is 2.62. The van der Waals surface area contributed by atoms with Crippen LogP contribution in [0.1, 0.15) is 11.1 Å². The van der Waals surface area contributed by atoms with Crippen LogP contribution < -0.4 is 10.6 Å². The molecule has 0 radical (unpaired) electrons. The summed E-state index contributed by atoms with van der Waals surface area (Å²) >= 11 is 0. The van der Waals surface area contributed by atoms with E-state index in [1.54, 1.807) is 0 Å². The highest BCUT2D eigenvalue weighted by molar-refractivity contribution is 7.74. The quantitative estimate of drug-likeness (QED) is 0.649. The van der Waals surface area contributed by atoms with Crippen LogP contribution in [0.3, 0.4) is 0 Å². The highest BCUT2D eigenvalue weighted by atomic mass is 31.2. The van der Waals surface area contributed by atoms with Gasteiger partial charge in [0, 0.05) is 10.6 Å². The fourth-order valence-corrected chi connectivity index (χ4v) is 4.45. The standard InChI is InChI=1S/C20H19O2P/c1-17-12-14-18(15-13-17)16-22-23(21,19-8-4-2-5-9-19)20-10-6-3-7-11-20/h2-15H,16H2,1H3. The van der Waals surface area contributed by atoms with Crippen LogP contribution in [0.5, 0.6) is 0 Å². The van der Waals surface area contributed by atoms with Crippen molar-refractivity contribution in [2.75, 3.05) is 0 Å². The summed E-state index contributed by atoms with van der Waals surface area (Å²) in [7, 11) is -3.10. The molecule has 3 heteroatoms. The summed E-state index contributed by atoms with van der Waals surface area (Å²) in [6, 6.07) is 26.9. The molecular weight excluding hydrogens is 303 g/mol. The molecule has 3 rings (SSSR count). The molecular formula is C20H19O2P. The Bertz CT molecular complexity index is 753. The van der Waals surface area contributed by atoms with E-state index in [1.807, 2.05) is 91.9 Å². The molecule has 0 atom stereocenters. The van der Waals surface area contributed by atoms with Gasteiger partial charge in [0.1, 0.15) is 0 Å². The first-order valence-corrected chi connectivity index (χ1v) is 9.22. The molecule has 0 saturated heterocycles. The molecule has 0 aliphatic carbocycles. The largest absolute Gasteiger partial charge is 0.317 e. The van der Waals surface area contributed by atoms with Crippen LogP contribution in [0, 0.1) is 6.92 Å². The zero-order chi connectivity index (χ0) is 16.1. The van der Waals surface area contributed by atoms with Gasteiger partial charge in [-0.1, -0.05) is 66.2 Å². The second-order valence-electron chi connectivity index (χ2n) is 5.48. The number of rotatable bonds is 5. The summed E-state index contributed by atoms with van der Waals surface area (Å²) in [6.07, 6.45) is 0. The highest BCUT2D eigenvalue weighted by Crippen LogP contribution is 2.45. The molecule has 2 nitrogen and oxygen atoms in total. The smallest absolute Gasteiger partial charge is 0.261 e. The number of aryl methyl sites for hydroxylation is 1. The Morgan fingerprint density at radius 2 is 1.22 bits per heavy atom. The van der Waals surface area contributed by atoms with Crippen molar-refractivity contribution in [3.05, 3.63) is 96.1 Å². The minimum absolute atomic E-state index is 0.321. The highest BCUT2D eigenvalue weighted by Gasteiger charge is 2.28. The Morgan fingerprint density at radius 3 is 1.70 bits per heavy atom. The summed E-state index contributed by atoms with van der Waals surface area (Å²) in [4.78, 5) is 0. The third kappa shape index (κ3) is 3.61. The lowest BCUT2D eigenvalue weighted by Crippen LogP contribution is -2.18. The van der Waals surface area contributed by atoms with E-state index in [9.17, 15) is 4.57 Å². The molecule has 0 unspecified atom stereocenters. The molecule has 0 fully saturated rings. The SMILES string of the molecule is Cc1ccc(COP(=O)(c2ccccc2)c2ccccc2)cc1. The maximum absolute atomic E-state index is 13.6. The van der Waals surface area contributed by atoms with Crippen molar-refractivity contribution in [1.29, 1.82) is 0 Å². The van der Waals surface area contributed by atoms with E-state index >= 15 is 0 Å². The fourth-order valence-electron chi connectivity index (χ4n) is 2.40. The van der Waals surface area contributed by atoms with Crippen molar-refractivity contribution >= 4 is 18.0 Å². The molecule has 0 aliphatic rings. The second-order valence-corrected chi connectivity index (χ2v) is 7.88. The molecule has 23 heavy (non-hydrogen) atoms. The summed E-state index contributed by atoms with van der Waals surface area (Å²) in [5, 5.41) is 1.44. The summed E-state index contributed by atoms with van der Waals surface area (Å²) in [5.74, 6) is 0. The normalized spacial score (nSPS) is 11.3. The average molecular weight is 322 g/mol. The summed E-state index contributed by atoms with van der Waals surface area (Å²) in [6.45, 7) is 2.37. The van der Waals surface area contributed by atoms with Crippen LogP contribution in [0.4, 0.5) is 0 Å². The monoisotopic (exact) mass is 322 g/mol. The second kappa shape index (κ2) is 6.95. The Kier molecular flexibility index (Phi) is 4.76. The molecule has 0 amide bonds. The Balaban J connectivity index is 1.93. The lowest BCUT2D eigenvalue weighted by molar-refractivity contribution is 0.316. The van der Waals surface area contributed by atoms with E-state index in [0.29, 0.717) is 6.61 Å². The van der Waals surface area contributed by atoms with Crippen molar-refractivity contribution in [2.45, 2.75) is 13.5 Å². The molecule has 0 N–H and O–H groups in total. The zero-order valence-corrected chi connectivity index (χ0v) is 13.9. The summed E-state index contributed by atoms with van der Waals surface area (Å²) < 4.78 is 19.6. The first kappa shape index (κ1) is 15.7. The van der Waals surface area contributed by atoms with E-state index < -0.39 is 7.37 Å². The van der Waals surface area contributed by atoms with E-state index in [0.717, 1.165) is 16.2 Å². The van der Waals surface area contributed by atoms with Crippen LogP contribution in [0.2, 0.25) is 0 Å². The number of hydrogen-bond donors (Lipinski definition) is 0. The minimum atomic E-state index is -3.10. The number of hydrogen-bond acceptors (Lipinski definition) is 2. The van der Waals surface area contributed by atoms with Gasteiger partial charge in [0.2, 0.25) is 0 Å². The first-order valence-electron chi connectivity index (χ1n) is 7.60. The lowest BCUT2D eigenvalue weighted by Gasteiger charge is -2.19. The molecule has 116 valence electrons. The van der Waals surface area contributed by atoms with Crippen LogP contribution in [-0.4, -0.2) is 0 Å². The lowest BCUT2D eigenvalue weighted by atomic mass is 10.2. The fraction of sp³-hybridized carbons (Fsp3) is 0.100. The van der Waals surface area contributed by atoms with Gasteiger partial charge in [-0.3, -0.25) is 4.57 Å². The molecule has 0 aliphatic heterocycles. The van der Waals surface area contributed by atoms with Gasteiger partial charge in [-0.15, -0.1) is 0 Å². The van der Waals surface area contributed by atoms with Gasteiger partial charge < -0.3 is 4.52 Å². The third-order valence-corrected chi connectivity index (χ3v) is 6.17. The van der Waals surface area contributed by atoms with Crippen molar-refractivity contribution < 1.29 is 9.09 Å². The van der Waals surface area contributed by atoms with Crippen LogP contribution >= 0.6 is 7.37 Å². The molecule has 0 saturated carbocycles. The number of benzene rings is 3. The zero-order valence-electron chi connectivity index (χ0n) is 13.1. The Labute approximate surface area is 137 Å². The van der Waals surface area contributed by atoms with E-state index in [1.165, 1.54) is 5.56 Å². The van der Waals surface area contributed by atoms with Gasteiger partial charge in [-0.05, 0) is 36.8 Å². The molecule has 0 aromatic heterocycles. The Morgan fingerprint density at radius 1 is 0.739 bits per heavy atom. The van der Waals surface area contributed by atoms with E-state index in [-0.39, 0.29) is 0 Å².